The van der Waals surface area contributed by atoms with E-state index < -0.39 is 0 Å². The van der Waals surface area contributed by atoms with Crippen LogP contribution in [0.1, 0.15) is 22.8 Å². The number of amides is 1. The minimum Gasteiger partial charge on any atom is -0.338 e. The van der Waals surface area contributed by atoms with Crippen LogP contribution < -0.4 is 5.56 Å². The molecule has 5 nitrogen and oxygen atoms in total. The lowest BCUT2D eigenvalue weighted by Crippen LogP contribution is -2.38. The number of carbonyl (C=O) groups excluding carboxylic acids is 1. The smallest absolute Gasteiger partial charge is 0.267 e. The number of thioether (sulfide) groups is 1. The molecule has 0 unspecified atom stereocenters. The van der Waals surface area contributed by atoms with Gasteiger partial charge in [-0.1, -0.05) is 42.1 Å². The fraction of sp³-hybridized carbons (Fsp3) is 0.353. The number of likely N-dealkylation sites (N-methyl/N-ethyl adjacent to an activating group) is 1. The summed E-state index contributed by atoms with van der Waals surface area (Å²) >= 11 is 1.55. The molecule has 0 aliphatic carbocycles. The quantitative estimate of drug-likeness (QED) is 0.788. The van der Waals surface area contributed by atoms with E-state index in [1.807, 2.05) is 37.3 Å². The number of benzene rings is 1. The summed E-state index contributed by atoms with van der Waals surface area (Å²) in [6.45, 7) is 3.72. The molecule has 0 radical (unpaired) electrons. The number of hydrogen-bond donors (Lipinski definition) is 0. The molecule has 1 aliphatic heterocycles. The summed E-state index contributed by atoms with van der Waals surface area (Å²) in [6, 6.07) is 10.0. The van der Waals surface area contributed by atoms with E-state index in [-0.39, 0.29) is 17.0 Å². The molecule has 0 fully saturated rings. The maximum Gasteiger partial charge on any atom is 0.267 e. The molecule has 3 rings (SSSR count). The molecule has 0 bridgehead atoms. The highest BCUT2D eigenvalue weighted by Gasteiger charge is 2.22. The van der Waals surface area contributed by atoms with Gasteiger partial charge in [0.25, 0.3) is 11.5 Å². The normalized spacial score (nSPS) is 12.9. The number of fused-ring (bicyclic) bond motifs is 1. The van der Waals surface area contributed by atoms with Crippen molar-refractivity contribution in [1.82, 2.24) is 14.5 Å². The van der Waals surface area contributed by atoms with E-state index in [0.29, 0.717) is 24.8 Å². The SMILES string of the molecule is CCN(CCc1ccccc1)C(=O)c1cnc2n(c1=O)CCS2. The molecule has 6 heteroatoms. The lowest BCUT2D eigenvalue weighted by atomic mass is 10.1. The molecule has 0 N–H and O–H groups in total. The Morgan fingerprint density at radius 2 is 2.13 bits per heavy atom. The van der Waals surface area contributed by atoms with E-state index >= 15 is 0 Å². The summed E-state index contributed by atoms with van der Waals surface area (Å²) < 4.78 is 1.60. The lowest BCUT2D eigenvalue weighted by molar-refractivity contribution is 0.0763. The third kappa shape index (κ3) is 3.32. The van der Waals surface area contributed by atoms with Gasteiger partial charge in [0.05, 0.1) is 0 Å². The molecule has 0 saturated carbocycles. The minimum absolute atomic E-state index is 0.172. The van der Waals surface area contributed by atoms with E-state index in [9.17, 15) is 9.59 Å². The van der Waals surface area contributed by atoms with Crippen molar-refractivity contribution in [3.8, 4) is 0 Å². The predicted octanol–water partition coefficient (Wildman–Crippen LogP) is 2.05. The summed E-state index contributed by atoms with van der Waals surface area (Å²) in [6.07, 6.45) is 2.20. The van der Waals surface area contributed by atoms with Gasteiger partial charge in [-0.05, 0) is 18.9 Å². The highest BCUT2D eigenvalue weighted by atomic mass is 32.2. The number of aromatic nitrogens is 2. The number of hydrogen-bond acceptors (Lipinski definition) is 4. The summed E-state index contributed by atoms with van der Waals surface area (Å²) in [5.41, 5.74) is 1.13. The predicted molar refractivity (Wildman–Crippen MR) is 90.9 cm³/mol. The standard InChI is InChI=1S/C17H19N3O2S/c1-2-19(9-8-13-6-4-3-5-7-13)15(21)14-12-18-17-20(16(14)22)10-11-23-17/h3-7,12H,2,8-11H2,1H3. The van der Waals surface area contributed by atoms with Crippen molar-refractivity contribution in [3.05, 3.63) is 58.0 Å². The van der Waals surface area contributed by atoms with Gasteiger partial charge in [-0.3, -0.25) is 14.2 Å². The third-order valence-electron chi connectivity index (χ3n) is 3.97. The van der Waals surface area contributed by atoms with E-state index in [1.165, 1.54) is 11.8 Å². The Kier molecular flexibility index (Phi) is 4.81. The molecule has 23 heavy (non-hydrogen) atoms. The van der Waals surface area contributed by atoms with Gasteiger partial charge in [0.15, 0.2) is 5.16 Å². The first-order valence-electron chi connectivity index (χ1n) is 7.76. The Balaban J connectivity index is 1.77. The summed E-state index contributed by atoms with van der Waals surface area (Å²) in [7, 11) is 0. The van der Waals surface area contributed by atoms with Gasteiger partial charge in [-0.25, -0.2) is 4.98 Å². The van der Waals surface area contributed by atoms with Crippen LogP contribution in [0.5, 0.6) is 0 Å². The van der Waals surface area contributed by atoms with Crippen LogP contribution in [0.2, 0.25) is 0 Å². The van der Waals surface area contributed by atoms with E-state index in [4.69, 9.17) is 0 Å². The zero-order valence-electron chi connectivity index (χ0n) is 13.1. The largest absolute Gasteiger partial charge is 0.338 e. The van der Waals surface area contributed by atoms with Gasteiger partial charge in [0.2, 0.25) is 0 Å². The Morgan fingerprint density at radius 1 is 1.35 bits per heavy atom. The minimum atomic E-state index is -0.229. The van der Waals surface area contributed by atoms with Crippen molar-refractivity contribution in [2.75, 3.05) is 18.8 Å². The molecule has 1 aromatic carbocycles. The first kappa shape index (κ1) is 15.8. The van der Waals surface area contributed by atoms with Crippen LogP contribution in [0.25, 0.3) is 0 Å². The Labute approximate surface area is 139 Å². The molecule has 2 heterocycles. The van der Waals surface area contributed by atoms with Crippen molar-refractivity contribution in [2.24, 2.45) is 0 Å². The first-order valence-corrected chi connectivity index (χ1v) is 8.75. The zero-order chi connectivity index (χ0) is 16.2. The molecule has 1 aromatic heterocycles. The topological polar surface area (TPSA) is 55.2 Å². The Hall–Kier alpha value is -2.08. The second-order valence-electron chi connectivity index (χ2n) is 5.38. The van der Waals surface area contributed by atoms with E-state index in [2.05, 4.69) is 4.98 Å². The van der Waals surface area contributed by atoms with Gasteiger partial charge < -0.3 is 4.90 Å². The maximum atomic E-state index is 12.7. The van der Waals surface area contributed by atoms with Crippen molar-refractivity contribution >= 4 is 17.7 Å². The highest BCUT2D eigenvalue weighted by Crippen LogP contribution is 2.20. The van der Waals surface area contributed by atoms with E-state index in [1.54, 1.807) is 21.2 Å². The molecule has 120 valence electrons. The average molecular weight is 329 g/mol. The Morgan fingerprint density at radius 3 is 2.87 bits per heavy atom. The number of nitrogens with zero attached hydrogens (tertiary/aromatic N) is 3. The second-order valence-corrected chi connectivity index (χ2v) is 6.44. The van der Waals surface area contributed by atoms with Crippen LogP contribution in [0.3, 0.4) is 0 Å². The van der Waals surface area contributed by atoms with Crippen molar-refractivity contribution in [2.45, 2.75) is 25.0 Å². The molecule has 0 spiro atoms. The molecule has 1 aliphatic rings. The Bertz CT molecular complexity index is 758. The summed E-state index contributed by atoms with van der Waals surface area (Å²) in [5.74, 6) is 0.610. The van der Waals surface area contributed by atoms with Gasteiger partial charge in [-0.2, -0.15) is 0 Å². The van der Waals surface area contributed by atoms with Crippen LogP contribution in [0.15, 0.2) is 46.5 Å². The monoisotopic (exact) mass is 329 g/mol. The molecule has 0 saturated heterocycles. The van der Waals surface area contributed by atoms with Crippen LogP contribution in [-0.4, -0.2) is 39.2 Å². The third-order valence-corrected chi connectivity index (χ3v) is 4.94. The maximum absolute atomic E-state index is 12.7. The van der Waals surface area contributed by atoms with Gasteiger partial charge >= 0.3 is 0 Å². The zero-order valence-corrected chi connectivity index (χ0v) is 13.9. The fourth-order valence-electron chi connectivity index (χ4n) is 2.65. The molecular formula is C17H19N3O2S. The van der Waals surface area contributed by atoms with Crippen LogP contribution >= 0.6 is 11.8 Å². The summed E-state index contributed by atoms with van der Waals surface area (Å²) in [5, 5.41) is 0.707. The van der Waals surface area contributed by atoms with Crippen LogP contribution in [0.4, 0.5) is 0 Å². The number of carbonyl (C=O) groups is 1. The number of rotatable bonds is 5. The van der Waals surface area contributed by atoms with Crippen molar-refractivity contribution in [1.29, 1.82) is 0 Å². The second kappa shape index (κ2) is 7.00. The van der Waals surface area contributed by atoms with Gasteiger partial charge in [-0.15, -0.1) is 0 Å². The van der Waals surface area contributed by atoms with Gasteiger partial charge in [0, 0.05) is 31.6 Å². The van der Waals surface area contributed by atoms with E-state index in [0.717, 1.165) is 12.2 Å². The van der Waals surface area contributed by atoms with Crippen molar-refractivity contribution in [3.63, 3.8) is 0 Å². The van der Waals surface area contributed by atoms with Crippen LogP contribution in [-0.2, 0) is 13.0 Å². The first-order chi connectivity index (χ1) is 11.2. The average Bonchev–Trinajstić information content (AvgIpc) is 3.06. The molecule has 2 aromatic rings. The van der Waals surface area contributed by atoms with Crippen LogP contribution in [0, 0.1) is 0 Å². The van der Waals surface area contributed by atoms with Gasteiger partial charge in [0.1, 0.15) is 5.56 Å². The lowest BCUT2D eigenvalue weighted by Gasteiger charge is -2.20. The highest BCUT2D eigenvalue weighted by molar-refractivity contribution is 7.99. The summed E-state index contributed by atoms with van der Waals surface area (Å²) in [4.78, 5) is 31.1. The molecule has 0 atom stereocenters. The van der Waals surface area contributed by atoms with Crippen molar-refractivity contribution < 1.29 is 4.79 Å². The molecular weight excluding hydrogens is 310 g/mol. The molecule has 1 amide bonds. The fourth-order valence-corrected chi connectivity index (χ4v) is 3.56.